The summed E-state index contributed by atoms with van der Waals surface area (Å²) in [7, 11) is 3.58. The number of aromatic nitrogens is 3. The third-order valence-corrected chi connectivity index (χ3v) is 4.29. The average Bonchev–Trinajstić information content (AvgIpc) is 3.01. The van der Waals surface area contributed by atoms with Crippen molar-refractivity contribution in [3.63, 3.8) is 0 Å². The Kier molecular flexibility index (Phi) is 3.57. The summed E-state index contributed by atoms with van der Waals surface area (Å²) in [6.07, 6.45) is 0. The summed E-state index contributed by atoms with van der Waals surface area (Å²) >= 11 is 0. The Morgan fingerprint density at radius 2 is 1.84 bits per heavy atom. The van der Waals surface area contributed by atoms with Crippen LogP contribution in [0.15, 0.2) is 60.7 Å². The van der Waals surface area contributed by atoms with Crippen LogP contribution in [0.4, 0.5) is 16.2 Å². The maximum Gasteiger partial charge on any atom is 0.326 e. The van der Waals surface area contributed by atoms with Gasteiger partial charge in [0, 0.05) is 25.5 Å². The van der Waals surface area contributed by atoms with Crippen LogP contribution in [0.2, 0.25) is 0 Å². The van der Waals surface area contributed by atoms with E-state index in [1.54, 1.807) is 16.6 Å². The minimum absolute atomic E-state index is 0.210. The highest BCUT2D eigenvalue weighted by atomic mass is 16.2. The van der Waals surface area contributed by atoms with Crippen molar-refractivity contribution in [1.82, 2.24) is 15.0 Å². The summed E-state index contributed by atoms with van der Waals surface area (Å²) in [5, 5.41) is 13.2. The van der Waals surface area contributed by atoms with Crippen LogP contribution in [0.3, 0.4) is 0 Å². The number of rotatable bonds is 2. The Labute approximate surface area is 144 Å². The predicted molar refractivity (Wildman–Crippen MR) is 99.9 cm³/mol. The van der Waals surface area contributed by atoms with E-state index in [-0.39, 0.29) is 6.03 Å². The molecule has 1 aromatic heterocycles. The van der Waals surface area contributed by atoms with E-state index < -0.39 is 0 Å². The SMILES string of the molecule is CN(C(=O)Nc1ccc2c(c1)nnn2C)c1ccc2ccccc2c1. The number of carbonyl (C=O) groups is 1. The molecule has 0 aliphatic carbocycles. The van der Waals surface area contributed by atoms with Gasteiger partial charge in [-0.3, -0.25) is 4.90 Å². The van der Waals surface area contributed by atoms with Gasteiger partial charge in [0.1, 0.15) is 5.52 Å². The van der Waals surface area contributed by atoms with Gasteiger partial charge in [-0.05, 0) is 41.1 Å². The van der Waals surface area contributed by atoms with Gasteiger partial charge in [0.05, 0.1) is 5.52 Å². The number of fused-ring (bicyclic) bond motifs is 2. The van der Waals surface area contributed by atoms with Crippen molar-refractivity contribution in [3.8, 4) is 0 Å². The van der Waals surface area contributed by atoms with Crippen LogP contribution in [0.25, 0.3) is 21.8 Å². The largest absolute Gasteiger partial charge is 0.326 e. The quantitative estimate of drug-likeness (QED) is 0.608. The number of carbonyl (C=O) groups excluding carboxylic acids is 1. The molecule has 0 aliphatic heterocycles. The second-order valence-electron chi connectivity index (χ2n) is 5.94. The molecule has 1 heterocycles. The van der Waals surface area contributed by atoms with E-state index in [0.717, 1.165) is 27.5 Å². The van der Waals surface area contributed by atoms with Gasteiger partial charge in [-0.25, -0.2) is 9.48 Å². The predicted octanol–water partition coefficient (Wildman–Crippen LogP) is 3.79. The Morgan fingerprint density at radius 3 is 2.68 bits per heavy atom. The lowest BCUT2D eigenvalue weighted by molar-refractivity contribution is 0.258. The fourth-order valence-electron chi connectivity index (χ4n) is 2.83. The zero-order chi connectivity index (χ0) is 17.4. The zero-order valence-corrected chi connectivity index (χ0v) is 14.0. The van der Waals surface area contributed by atoms with E-state index >= 15 is 0 Å². The van der Waals surface area contributed by atoms with Gasteiger partial charge in [-0.1, -0.05) is 35.5 Å². The molecule has 0 fully saturated rings. The third kappa shape index (κ3) is 2.78. The molecule has 0 aliphatic rings. The summed E-state index contributed by atoms with van der Waals surface area (Å²) in [6.45, 7) is 0. The monoisotopic (exact) mass is 331 g/mol. The maximum atomic E-state index is 12.6. The molecule has 4 aromatic rings. The molecule has 0 saturated carbocycles. The molecule has 0 unspecified atom stereocenters. The van der Waals surface area contributed by atoms with Crippen molar-refractivity contribution in [1.29, 1.82) is 0 Å². The molecule has 0 spiro atoms. The molecule has 0 saturated heterocycles. The molecular formula is C19H17N5O. The van der Waals surface area contributed by atoms with E-state index in [0.29, 0.717) is 5.69 Å². The van der Waals surface area contributed by atoms with E-state index in [1.807, 2.05) is 61.6 Å². The number of benzene rings is 3. The summed E-state index contributed by atoms with van der Waals surface area (Å²) in [5.74, 6) is 0. The maximum absolute atomic E-state index is 12.6. The fraction of sp³-hybridized carbons (Fsp3) is 0.105. The van der Waals surface area contributed by atoms with Crippen molar-refractivity contribution in [2.75, 3.05) is 17.3 Å². The van der Waals surface area contributed by atoms with Crippen molar-refractivity contribution in [3.05, 3.63) is 60.7 Å². The molecule has 124 valence electrons. The summed E-state index contributed by atoms with van der Waals surface area (Å²) in [6, 6.07) is 19.4. The van der Waals surface area contributed by atoms with Crippen molar-refractivity contribution < 1.29 is 4.79 Å². The van der Waals surface area contributed by atoms with Gasteiger partial charge in [0.2, 0.25) is 0 Å². The molecule has 0 radical (unpaired) electrons. The van der Waals surface area contributed by atoms with Gasteiger partial charge in [-0.15, -0.1) is 5.10 Å². The van der Waals surface area contributed by atoms with Crippen LogP contribution in [-0.2, 0) is 7.05 Å². The Bertz CT molecular complexity index is 1090. The molecule has 3 aromatic carbocycles. The van der Waals surface area contributed by atoms with Crippen LogP contribution in [-0.4, -0.2) is 28.1 Å². The molecule has 1 N–H and O–H groups in total. The number of nitrogens with one attached hydrogen (secondary N) is 1. The summed E-state index contributed by atoms with van der Waals surface area (Å²) < 4.78 is 1.70. The van der Waals surface area contributed by atoms with E-state index in [4.69, 9.17) is 0 Å². The van der Waals surface area contributed by atoms with Crippen molar-refractivity contribution >= 4 is 39.2 Å². The molecule has 6 heteroatoms. The average molecular weight is 331 g/mol. The van der Waals surface area contributed by atoms with Gasteiger partial charge in [0.25, 0.3) is 0 Å². The first-order valence-electron chi connectivity index (χ1n) is 7.95. The number of amides is 2. The van der Waals surface area contributed by atoms with E-state index in [9.17, 15) is 4.79 Å². The summed E-state index contributed by atoms with van der Waals surface area (Å²) in [4.78, 5) is 14.2. The molecule has 6 nitrogen and oxygen atoms in total. The number of anilines is 2. The molecule has 2 amide bonds. The lowest BCUT2D eigenvalue weighted by atomic mass is 10.1. The van der Waals surface area contributed by atoms with Gasteiger partial charge < -0.3 is 5.32 Å². The first kappa shape index (κ1) is 15.1. The first-order valence-corrected chi connectivity index (χ1v) is 7.95. The highest BCUT2D eigenvalue weighted by Gasteiger charge is 2.12. The minimum Gasteiger partial charge on any atom is -0.307 e. The van der Waals surface area contributed by atoms with Gasteiger partial charge >= 0.3 is 6.03 Å². The molecule has 4 rings (SSSR count). The topological polar surface area (TPSA) is 63.1 Å². The number of urea groups is 1. The zero-order valence-electron chi connectivity index (χ0n) is 14.0. The van der Waals surface area contributed by atoms with Crippen LogP contribution in [0.5, 0.6) is 0 Å². The Morgan fingerprint density at radius 1 is 1.04 bits per heavy atom. The Hall–Kier alpha value is -3.41. The molecular weight excluding hydrogens is 314 g/mol. The smallest absolute Gasteiger partial charge is 0.307 e. The standard InChI is InChI=1S/C19H17N5O/c1-23(16-9-7-13-5-3-4-6-14(13)11-16)19(25)20-15-8-10-18-17(12-15)21-22-24(18)2/h3-12H,1-2H3,(H,20,25). The highest BCUT2D eigenvalue weighted by molar-refractivity contribution is 6.03. The second kappa shape index (κ2) is 5.90. The van der Waals surface area contributed by atoms with Crippen LogP contribution in [0, 0.1) is 0 Å². The van der Waals surface area contributed by atoms with Gasteiger partial charge in [0.15, 0.2) is 0 Å². The van der Waals surface area contributed by atoms with Crippen LogP contribution < -0.4 is 10.2 Å². The van der Waals surface area contributed by atoms with Gasteiger partial charge in [-0.2, -0.15) is 0 Å². The van der Waals surface area contributed by atoms with Crippen molar-refractivity contribution in [2.24, 2.45) is 7.05 Å². The fourth-order valence-corrected chi connectivity index (χ4v) is 2.83. The number of aryl methyl sites for hydroxylation is 1. The van der Waals surface area contributed by atoms with Crippen LogP contribution in [0.1, 0.15) is 0 Å². The van der Waals surface area contributed by atoms with E-state index in [1.165, 1.54) is 0 Å². The molecule has 25 heavy (non-hydrogen) atoms. The van der Waals surface area contributed by atoms with Crippen LogP contribution >= 0.6 is 0 Å². The molecule has 0 atom stereocenters. The third-order valence-electron chi connectivity index (χ3n) is 4.29. The lowest BCUT2D eigenvalue weighted by Gasteiger charge is -2.18. The molecule has 0 bridgehead atoms. The number of hydrogen-bond acceptors (Lipinski definition) is 3. The lowest BCUT2D eigenvalue weighted by Crippen LogP contribution is -2.31. The Balaban J connectivity index is 1.57. The minimum atomic E-state index is -0.210. The summed E-state index contributed by atoms with van der Waals surface area (Å²) in [5.41, 5.74) is 3.18. The van der Waals surface area contributed by atoms with E-state index in [2.05, 4.69) is 21.7 Å². The second-order valence-corrected chi connectivity index (χ2v) is 5.94. The van der Waals surface area contributed by atoms with Crippen molar-refractivity contribution in [2.45, 2.75) is 0 Å². The number of nitrogens with zero attached hydrogens (tertiary/aromatic N) is 4. The number of hydrogen-bond donors (Lipinski definition) is 1. The highest BCUT2D eigenvalue weighted by Crippen LogP contribution is 2.22. The first-order chi connectivity index (χ1) is 12.1. The normalized spacial score (nSPS) is 11.0.